The summed E-state index contributed by atoms with van der Waals surface area (Å²) in [5, 5.41) is 5.97. The maximum absolute atomic E-state index is 12.5. The number of ether oxygens (including phenoxy) is 1. The van der Waals surface area contributed by atoms with Gasteiger partial charge < -0.3 is 20.3 Å². The highest BCUT2D eigenvalue weighted by Crippen LogP contribution is 2.30. The third-order valence-electron chi connectivity index (χ3n) is 3.06. The lowest BCUT2D eigenvalue weighted by molar-refractivity contribution is -0.137. The van der Waals surface area contributed by atoms with Crippen molar-refractivity contribution in [1.82, 2.24) is 15.5 Å². The number of nitrogens with one attached hydrogen (secondary N) is 2. The topological polar surface area (TPSA) is 66.0 Å². The Morgan fingerprint density at radius 3 is 2.31 bits per heavy atom. The molecule has 0 radical (unpaired) electrons. The van der Waals surface area contributed by atoms with Gasteiger partial charge in [0.2, 0.25) is 5.91 Å². The summed E-state index contributed by atoms with van der Waals surface area (Å²) in [4.78, 5) is 17.1. The number of guanidine groups is 1. The van der Waals surface area contributed by atoms with Gasteiger partial charge >= 0.3 is 6.18 Å². The minimum Gasteiger partial charge on any atom is -0.492 e. The molecular formula is C16H24F3IN4O2. The van der Waals surface area contributed by atoms with E-state index >= 15 is 0 Å². The predicted octanol–water partition coefficient (Wildman–Crippen LogP) is 2.35. The van der Waals surface area contributed by atoms with E-state index in [0.717, 1.165) is 12.1 Å². The standard InChI is InChI=1S/C16H23F3N4O2.HI/c1-4-20-15(22-11-14(24)23(2)3)21-9-10-25-13-7-5-12(6-8-13)16(17,18)19;/h5-8H,4,9-11H2,1-3H3,(H2,20,21,22);1H. The van der Waals surface area contributed by atoms with E-state index in [9.17, 15) is 18.0 Å². The van der Waals surface area contributed by atoms with Crippen LogP contribution in [0.5, 0.6) is 5.75 Å². The first kappa shape index (κ1) is 24.3. The largest absolute Gasteiger partial charge is 0.492 e. The Bertz CT molecular complexity index is 578. The molecule has 148 valence electrons. The highest BCUT2D eigenvalue weighted by molar-refractivity contribution is 14.0. The second kappa shape index (κ2) is 11.8. The van der Waals surface area contributed by atoms with E-state index in [1.165, 1.54) is 17.0 Å². The second-order valence-corrected chi connectivity index (χ2v) is 5.28. The van der Waals surface area contributed by atoms with E-state index in [1.807, 2.05) is 6.92 Å². The average molecular weight is 488 g/mol. The van der Waals surface area contributed by atoms with Crippen molar-refractivity contribution < 1.29 is 22.7 Å². The minimum absolute atomic E-state index is 0. The Balaban J connectivity index is 0.00000625. The number of benzene rings is 1. The fourth-order valence-corrected chi connectivity index (χ4v) is 1.71. The van der Waals surface area contributed by atoms with E-state index in [0.29, 0.717) is 24.8 Å². The summed E-state index contributed by atoms with van der Waals surface area (Å²) < 4.78 is 42.8. The lowest BCUT2D eigenvalue weighted by Gasteiger charge is -2.13. The van der Waals surface area contributed by atoms with Crippen LogP contribution >= 0.6 is 24.0 Å². The summed E-state index contributed by atoms with van der Waals surface area (Å²) in [5.41, 5.74) is -0.718. The summed E-state index contributed by atoms with van der Waals surface area (Å²) in [6.45, 7) is 3.15. The van der Waals surface area contributed by atoms with Crippen molar-refractivity contribution in [2.45, 2.75) is 13.1 Å². The van der Waals surface area contributed by atoms with Gasteiger partial charge in [0.15, 0.2) is 5.96 Å². The maximum Gasteiger partial charge on any atom is 0.416 e. The zero-order valence-corrected chi connectivity index (χ0v) is 17.2. The normalized spacial score (nSPS) is 11.4. The van der Waals surface area contributed by atoms with Gasteiger partial charge in [-0.2, -0.15) is 13.2 Å². The number of hydrogen-bond acceptors (Lipinski definition) is 3. The molecule has 1 aromatic carbocycles. The number of carbonyl (C=O) groups excluding carboxylic acids is 1. The Hall–Kier alpha value is -1.72. The number of carbonyl (C=O) groups is 1. The van der Waals surface area contributed by atoms with Crippen molar-refractivity contribution in [3.05, 3.63) is 29.8 Å². The Morgan fingerprint density at radius 2 is 1.81 bits per heavy atom. The molecule has 0 aliphatic heterocycles. The number of amides is 1. The quantitative estimate of drug-likeness (QED) is 0.268. The van der Waals surface area contributed by atoms with E-state index in [1.54, 1.807) is 14.1 Å². The van der Waals surface area contributed by atoms with Crippen LogP contribution in [0.4, 0.5) is 13.2 Å². The summed E-state index contributed by atoms with van der Waals surface area (Å²) in [5.74, 6) is 0.687. The van der Waals surface area contributed by atoms with E-state index in [2.05, 4.69) is 15.6 Å². The van der Waals surface area contributed by atoms with Crippen LogP contribution < -0.4 is 15.4 Å². The monoisotopic (exact) mass is 488 g/mol. The van der Waals surface area contributed by atoms with E-state index in [4.69, 9.17) is 4.74 Å². The summed E-state index contributed by atoms with van der Waals surface area (Å²) in [7, 11) is 3.30. The Morgan fingerprint density at radius 1 is 1.19 bits per heavy atom. The number of likely N-dealkylation sites (N-methyl/N-ethyl adjacent to an activating group) is 1. The van der Waals surface area contributed by atoms with Gasteiger partial charge in [0.1, 0.15) is 18.9 Å². The molecule has 0 saturated carbocycles. The van der Waals surface area contributed by atoms with Crippen LogP contribution in [0.1, 0.15) is 12.5 Å². The van der Waals surface area contributed by atoms with Crippen LogP contribution in [-0.2, 0) is 11.0 Å². The Labute approximate surface area is 168 Å². The number of rotatable bonds is 7. The second-order valence-electron chi connectivity index (χ2n) is 5.28. The van der Waals surface area contributed by atoms with Gasteiger partial charge in [0.05, 0.1) is 12.1 Å². The molecule has 2 N–H and O–H groups in total. The molecule has 0 aliphatic carbocycles. The molecule has 1 aromatic rings. The summed E-state index contributed by atoms with van der Waals surface area (Å²) in [6.07, 6.45) is -4.36. The smallest absolute Gasteiger partial charge is 0.416 e. The molecule has 0 heterocycles. The lowest BCUT2D eigenvalue weighted by Crippen LogP contribution is -2.40. The number of nitrogens with zero attached hydrogens (tertiary/aromatic N) is 2. The molecule has 0 unspecified atom stereocenters. The molecule has 6 nitrogen and oxygen atoms in total. The zero-order valence-electron chi connectivity index (χ0n) is 14.9. The van der Waals surface area contributed by atoms with Gasteiger partial charge in [-0.05, 0) is 31.2 Å². The molecular weight excluding hydrogens is 464 g/mol. The highest BCUT2D eigenvalue weighted by Gasteiger charge is 2.29. The molecule has 0 bridgehead atoms. The van der Waals surface area contributed by atoms with Crippen molar-refractivity contribution in [3.63, 3.8) is 0 Å². The van der Waals surface area contributed by atoms with Gasteiger partial charge in [0, 0.05) is 20.6 Å². The maximum atomic E-state index is 12.5. The van der Waals surface area contributed by atoms with Gasteiger partial charge in [-0.15, -0.1) is 24.0 Å². The van der Waals surface area contributed by atoms with Crippen LogP contribution in [0.3, 0.4) is 0 Å². The minimum atomic E-state index is -4.36. The van der Waals surface area contributed by atoms with Crippen LogP contribution in [0.25, 0.3) is 0 Å². The third kappa shape index (κ3) is 9.11. The molecule has 1 amide bonds. The first-order valence-electron chi connectivity index (χ1n) is 7.76. The third-order valence-corrected chi connectivity index (χ3v) is 3.06. The fourth-order valence-electron chi connectivity index (χ4n) is 1.71. The van der Waals surface area contributed by atoms with Crippen molar-refractivity contribution in [2.75, 3.05) is 40.3 Å². The first-order chi connectivity index (χ1) is 11.7. The van der Waals surface area contributed by atoms with Crippen molar-refractivity contribution in [1.29, 1.82) is 0 Å². The number of aliphatic imine (C=N–C) groups is 1. The highest BCUT2D eigenvalue weighted by atomic mass is 127. The summed E-state index contributed by atoms with van der Waals surface area (Å²) in [6, 6.07) is 4.50. The molecule has 0 aliphatic rings. The molecule has 26 heavy (non-hydrogen) atoms. The number of hydrogen-bond donors (Lipinski definition) is 2. The van der Waals surface area contributed by atoms with Crippen molar-refractivity contribution in [3.8, 4) is 5.75 Å². The first-order valence-corrected chi connectivity index (χ1v) is 7.76. The van der Waals surface area contributed by atoms with Crippen molar-refractivity contribution in [2.24, 2.45) is 4.99 Å². The van der Waals surface area contributed by atoms with Gasteiger partial charge in [0.25, 0.3) is 0 Å². The van der Waals surface area contributed by atoms with Gasteiger partial charge in [-0.25, -0.2) is 4.99 Å². The molecule has 0 atom stereocenters. The van der Waals surface area contributed by atoms with Crippen LogP contribution in [0, 0.1) is 0 Å². The van der Waals surface area contributed by atoms with Gasteiger partial charge in [-0.1, -0.05) is 0 Å². The number of halogens is 4. The average Bonchev–Trinajstić information content (AvgIpc) is 2.55. The fraction of sp³-hybridized carbons (Fsp3) is 0.500. The molecule has 0 fully saturated rings. The molecule has 0 aromatic heterocycles. The molecule has 1 rings (SSSR count). The molecule has 0 spiro atoms. The molecule has 10 heteroatoms. The van der Waals surface area contributed by atoms with Crippen molar-refractivity contribution >= 4 is 35.8 Å². The predicted molar refractivity (Wildman–Crippen MR) is 105 cm³/mol. The zero-order chi connectivity index (χ0) is 18.9. The lowest BCUT2D eigenvalue weighted by atomic mass is 10.2. The van der Waals surface area contributed by atoms with E-state index in [-0.39, 0.29) is 43.0 Å². The SMILES string of the molecule is CCNC(=NCC(=O)N(C)C)NCCOc1ccc(C(F)(F)F)cc1.I. The molecule has 0 saturated heterocycles. The van der Waals surface area contributed by atoms with Crippen LogP contribution in [-0.4, -0.2) is 57.1 Å². The van der Waals surface area contributed by atoms with Gasteiger partial charge in [-0.3, -0.25) is 4.79 Å². The van der Waals surface area contributed by atoms with Crippen LogP contribution in [0.15, 0.2) is 29.3 Å². The van der Waals surface area contributed by atoms with E-state index < -0.39 is 11.7 Å². The van der Waals surface area contributed by atoms with Crippen LogP contribution in [0.2, 0.25) is 0 Å². The number of alkyl halides is 3. The Kier molecular flexibility index (Phi) is 11.0. The summed E-state index contributed by atoms with van der Waals surface area (Å²) >= 11 is 0.